The van der Waals surface area contributed by atoms with Gasteiger partial charge in [-0.15, -0.1) is 0 Å². The van der Waals surface area contributed by atoms with Gasteiger partial charge >= 0.3 is 5.97 Å². The van der Waals surface area contributed by atoms with Crippen molar-refractivity contribution in [1.82, 2.24) is 0 Å². The molecule has 0 aromatic heterocycles. The Kier molecular flexibility index (Phi) is 1.79. The van der Waals surface area contributed by atoms with E-state index in [-0.39, 0.29) is 0 Å². The second-order valence-electron chi connectivity index (χ2n) is 2.78. The Morgan fingerprint density at radius 1 is 1.60 bits per heavy atom. The van der Waals surface area contributed by atoms with Crippen LogP contribution in [0, 0.1) is 5.41 Å². The number of carboxylic acids is 1. The lowest BCUT2D eigenvalue weighted by molar-refractivity contribution is -0.142. The molecule has 1 rings (SSSR count). The molecule has 0 amide bonds. The van der Waals surface area contributed by atoms with E-state index in [0.29, 0.717) is 0 Å². The van der Waals surface area contributed by atoms with Gasteiger partial charge < -0.3 is 5.11 Å². The number of hydrogen-bond acceptors (Lipinski definition) is 1. The third kappa shape index (κ3) is 1.20. The summed E-state index contributed by atoms with van der Waals surface area (Å²) in [5.41, 5.74) is -0.532. The first-order chi connectivity index (χ1) is 4.71. The Bertz CT molecular complexity index is 164. The molecule has 0 saturated carbocycles. The van der Waals surface area contributed by atoms with E-state index in [9.17, 15) is 4.79 Å². The van der Waals surface area contributed by atoms with Gasteiger partial charge in [0.2, 0.25) is 0 Å². The normalized spacial score (nSPS) is 18.9. The summed E-state index contributed by atoms with van der Waals surface area (Å²) in [5, 5.41) is 8.67. The van der Waals surface area contributed by atoms with Crippen LogP contribution in [-0.4, -0.2) is 11.1 Å². The van der Waals surface area contributed by atoms with Gasteiger partial charge in [-0.1, -0.05) is 31.9 Å². The minimum absolute atomic E-state index is 0.532. The molecule has 1 aliphatic rings. The molecule has 2 heteroatoms. The van der Waals surface area contributed by atoms with Gasteiger partial charge in [-0.2, -0.15) is 0 Å². The molecular formula is C8H12O2. The van der Waals surface area contributed by atoms with Gasteiger partial charge in [0.15, 0.2) is 0 Å². The Morgan fingerprint density at radius 3 is 2.50 bits per heavy atom. The van der Waals surface area contributed by atoms with Crippen LogP contribution in [0.25, 0.3) is 0 Å². The van der Waals surface area contributed by atoms with Crippen LogP contribution in [0.5, 0.6) is 0 Å². The Labute approximate surface area is 60.6 Å². The number of hydrogen-bond donors (Lipinski definition) is 1. The molecule has 0 saturated heterocycles. The molecule has 0 fully saturated rings. The fourth-order valence-electron chi connectivity index (χ4n) is 0.986. The third-order valence-electron chi connectivity index (χ3n) is 1.91. The number of aliphatic carboxylic acids is 1. The fourth-order valence-corrected chi connectivity index (χ4v) is 0.986. The Morgan fingerprint density at radius 2 is 2.20 bits per heavy atom. The molecule has 10 heavy (non-hydrogen) atoms. The predicted molar refractivity (Wildman–Crippen MR) is 38.7 cm³/mol. The Balaban J connectivity index is 2.32. The van der Waals surface area contributed by atoms with Crippen molar-refractivity contribution in [1.29, 1.82) is 0 Å². The number of carbonyl (C=O) groups is 1. The quantitative estimate of drug-likeness (QED) is 0.605. The van der Waals surface area contributed by atoms with E-state index in [1.807, 2.05) is 0 Å². The molecule has 0 bridgehead atoms. The maximum absolute atomic E-state index is 10.5. The van der Waals surface area contributed by atoms with Crippen LogP contribution in [0.3, 0.4) is 0 Å². The molecule has 0 aromatic carbocycles. The largest absolute Gasteiger partial charge is 0.480 e. The monoisotopic (exact) mass is 140 g/mol. The smallest absolute Gasteiger partial charge is 0.317 e. The molecular weight excluding hydrogens is 128 g/mol. The average Bonchev–Trinajstić information content (AvgIpc) is 2.64. The van der Waals surface area contributed by atoms with Gasteiger partial charge in [0.05, 0.1) is 0 Å². The Hall–Kier alpha value is -0.790. The third-order valence-corrected chi connectivity index (χ3v) is 1.91. The highest BCUT2D eigenvalue weighted by atomic mass is 16.4. The lowest BCUT2D eigenvalue weighted by atomic mass is 9.97. The zero-order valence-electron chi connectivity index (χ0n) is 6.13. The van der Waals surface area contributed by atoms with Crippen LogP contribution < -0.4 is 0 Å². The minimum Gasteiger partial charge on any atom is -0.480 e. The van der Waals surface area contributed by atoms with E-state index in [1.165, 1.54) is 0 Å². The van der Waals surface area contributed by atoms with E-state index < -0.39 is 11.4 Å². The van der Waals surface area contributed by atoms with Crippen molar-refractivity contribution in [3.63, 3.8) is 0 Å². The summed E-state index contributed by atoms with van der Waals surface area (Å²) in [7, 11) is 0. The highest BCUT2D eigenvalue weighted by Crippen LogP contribution is 2.39. The lowest BCUT2D eigenvalue weighted by Crippen LogP contribution is -2.15. The number of carboxylic acid groups (broad SMARTS) is 1. The van der Waals surface area contributed by atoms with E-state index in [2.05, 4.69) is 6.92 Å². The van der Waals surface area contributed by atoms with Crippen molar-refractivity contribution in [3.8, 4) is 0 Å². The van der Waals surface area contributed by atoms with Crippen LogP contribution in [-0.2, 0) is 4.79 Å². The molecule has 0 heterocycles. The summed E-state index contributed by atoms with van der Waals surface area (Å²) >= 11 is 0. The van der Waals surface area contributed by atoms with E-state index in [0.717, 1.165) is 19.3 Å². The molecule has 0 spiro atoms. The SMILES string of the molecule is CCCCC1(C(=O)O)C=C1. The summed E-state index contributed by atoms with van der Waals surface area (Å²) in [4.78, 5) is 10.5. The highest BCUT2D eigenvalue weighted by Gasteiger charge is 2.41. The van der Waals surface area contributed by atoms with Gasteiger partial charge in [0.1, 0.15) is 5.41 Å². The maximum Gasteiger partial charge on any atom is 0.317 e. The van der Waals surface area contributed by atoms with Gasteiger partial charge in [-0.3, -0.25) is 4.79 Å². The van der Waals surface area contributed by atoms with Gasteiger partial charge in [0.25, 0.3) is 0 Å². The first-order valence-electron chi connectivity index (χ1n) is 3.65. The van der Waals surface area contributed by atoms with E-state index in [4.69, 9.17) is 5.11 Å². The van der Waals surface area contributed by atoms with E-state index in [1.54, 1.807) is 12.2 Å². The number of unbranched alkanes of at least 4 members (excludes halogenated alkanes) is 1. The zero-order valence-corrected chi connectivity index (χ0v) is 6.13. The lowest BCUT2D eigenvalue weighted by Gasteiger charge is -2.07. The number of rotatable bonds is 4. The van der Waals surface area contributed by atoms with Crippen molar-refractivity contribution < 1.29 is 9.90 Å². The van der Waals surface area contributed by atoms with Crippen molar-refractivity contribution in [2.45, 2.75) is 26.2 Å². The summed E-state index contributed by atoms with van der Waals surface area (Å²) < 4.78 is 0. The van der Waals surface area contributed by atoms with Gasteiger partial charge in [-0.25, -0.2) is 0 Å². The van der Waals surface area contributed by atoms with Crippen LogP contribution in [0.4, 0.5) is 0 Å². The second-order valence-corrected chi connectivity index (χ2v) is 2.78. The summed E-state index contributed by atoms with van der Waals surface area (Å²) in [6.07, 6.45) is 6.38. The minimum atomic E-state index is -0.694. The highest BCUT2D eigenvalue weighted by molar-refractivity contribution is 5.84. The van der Waals surface area contributed by atoms with Crippen LogP contribution >= 0.6 is 0 Å². The average molecular weight is 140 g/mol. The zero-order chi connectivity index (χ0) is 7.61. The van der Waals surface area contributed by atoms with Crippen molar-refractivity contribution >= 4 is 5.97 Å². The molecule has 0 aliphatic heterocycles. The van der Waals surface area contributed by atoms with Gasteiger partial charge in [0, 0.05) is 0 Å². The molecule has 56 valence electrons. The van der Waals surface area contributed by atoms with Crippen LogP contribution in [0.1, 0.15) is 26.2 Å². The summed E-state index contributed by atoms with van der Waals surface area (Å²) in [6, 6.07) is 0. The van der Waals surface area contributed by atoms with Gasteiger partial charge in [-0.05, 0) is 6.42 Å². The fraction of sp³-hybridized carbons (Fsp3) is 0.625. The first kappa shape index (κ1) is 7.32. The standard InChI is InChI=1S/C8H12O2/c1-2-3-4-8(5-6-8)7(9)10/h5-6H,2-4H2,1H3,(H,9,10). The van der Waals surface area contributed by atoms with Crippen LogP contribution in [0.15, 0.2) is 12.2 Å². The topological polar surface area (TPSA) is 37.3 Å². The summed E-state index contributed by atoms with van der Waals surface area (Å²) in [6.45, 7) is 2.07. The molecule has 0 atom stereocenters. The predicted octanol–water partition coefficient (Wildman–Crippen LogP) is 1.82. The molecule has 0 unspecified atom stereocenters. The molecule has 1 N–H and O–H groups in total. The molecule has 0 aromatic rings. The van der Waals surface area contributed by atoms with Crippen molar-refractivity contribution in [2.24, 2.45) is 5.41 Å². The van der Waals surface area contributed by atoms with E-state index >= 15 is 0 Å². The van der Waals surface area contributed by atoms with Crippen LogP contribution in [0.2, 0.25) is 0 Å². The second kappa shape index (κ2) is 2.45. The van der Waals surface area contributed by atoms with Crippen molar-refractivity contribution in [3.05, 3.63) is 12.2 Å². The molecule has 2 nitrogen and oxygen atoms in total. The maximum atomic E-state index is 10.5. The first-order valence-corrected chi connectivity index (χ1v) is 3.65. The molecule has 1 aliphatic carbocycles. The summed E-state index contributed by atoms with van der Waals surface area (Å²) in [5.74, 6) is -0.694. The molecule has 0 radical (unpaired) electrons. The van der Waals surface area contributed by atoms with Crippen molar-refractivity contribution in [2.75, 3.05) is 0 Å².